The Bertz CT molecular complexity index is 426. The minimum absolute atomic E-state index is 0.0660. The lowest BCUT2D eigenvalue weighted by Gasteiger charge is -2.16. The van der Waals surface area contributed by atoms with Gasteiger partial charge in [-0.05, 0) is 56.8 Å². The van der Waals surface area contributed by atoms with Crippen molar-refractivity contribution in [3.8, 4) is 0 Å². The van der Waals surface area contributed by atoms with E-state index in [1.54, 1.807) is 12.1 Å². The fraction of sp³-hybridized carbons (Fsp3) is 0.500. The quantitative estimate of drug-likeness (QED) is 0.674. The summed E-state index contributed by atoms with van der Waals surface area (Å²) >= 11 is 6.85. The van der Waals surface area contributed by atoms with E-state index in [0.717, 1.165) is 40.3 Å². The maximum Gasteiger partial charge on any atom is 0.227 e. The second-order valence-electron chi connectivity index (χ2n) is 4.60. The molecule has 106 valence electrons. The maximum absolute atomic E-state index is 12.3. The summed E-state index contributed by atoms with van der Waals surface area (Å²) in [5.41, 5.74) is 7.13. The molecule has 0 fully saturated rings. The van der Waals surface area contributed by atoms with Crippen LogP contribution >= 0.6 is 31.9 Å². The molecule has 1 atom stereocenters. The van der Waals surface area contributed by atoms with E-state index >= 15 is 0 Å². The number of halogens is 2. The van der Waals surface area contributed by atoms with E-state index in [-0.39, 0.29) is 11.8 Å². The summed E-state index contributed by atoms with van der Waals surface area (Å²) in [7, 11) is 0. The Labute approximate surface area is 131 Å². The second kappa shape index (κ2) is 7.90. The Morgan fingerprint density at radius 1 is 1.32 bits per heavy atom. The molecule has 19 heavy (non-hydrogen) atoms. The van der Waals surface area contributed by atoms with Crippen molar-refractivity contribution >= 4 is 49.1 Å². The van der Waals surface area contributed by atoms with Crippen molar-refractivity contribution in [3.63, 3.8) is 0 Å². The molecule has 1 unspecified atom stereocenters. The van der Waals surface area contributed by atoms with Gasteiger partial charge in [0.1, 0.15) is 0 Å². The van der Waals surface area contributed by atoms with Crippen molar-refractivity contribution in [1.82, 2.24) is 0 Å². The van der Waals surface area contributed by atoms with Crippen LogP contribution in [0.1, 0.15) is 39.5 Å². The predicted molar refractivity (Wildman–Crippen MR) is 88.2 cm³/mol. The summed E-state index contributed by atoms with van der Waals surface area (Å²) in [5.74, 6) is 0.137. The largest absolute Gasteiger partial charge is 0.399 e. The Morgan fingerprint density at radius 3 is 2.37 bits per heavy atom. The molecule has 0 aliphatic rings. The lowest BCUT2D eigenvalue weighted by molar-refractivity contribution is -0.120. The van der Waals surface area contributed by atoms with Gasteiger partial charge in [-0.1, -0.05) is 26.7 Å². The Morgan fingerprint density at radius 2 is 1.89 bits per heavy atom. The van der Waals surface area contributed by atoms with Crippen LogP contribution in [0.5, 0.6) is 0 Å². The number of nitrogens with one attached hydrogen (secondary N) is 1. The molecule has 0 heterocycles. The van der Waals surface area contributed by atoms with Gasteiger partial charge in [0.15, 0.2) is 0 Å². The summed E-state index contributed by atoms with van der Waals surface area (Å²) in [6.07, 6.45) is 3.98. The zero-order valence-electron chi connectivity index (χ0n) is 11.3. The number of benzene rings is 1. The lowest BCUT2D eigenvalue weighted by Crippen LogP contribution is -2.22. The predicted octanol–water partition coefficient (Wildman–Crippen LogP) is 4.95. The van der Waals surface area contributed by atoms with Crippen molar-refractivity contribution in [2.75, 3.05) is 11.1 Å². The van der Waals surface area contributed by atoms with Gasteiger partial charge in [-0.25, -0.2) is 0 Å². The average molecular weight is 392 g/mol. The van der Waals surface area contributed by atoms with Gasteiger partial charge < -0.3 is 11.1 Å². The van der Waals surface area contributed by atoms with Crippen LogP contribution in [0.25, 0.3) is 0 Å². The van der Waals surface area contributed by atoms with Gasteiger partial charge in [0, 0.05) is 20.6 Å². The fourth-order valence-corrected chi connectivity index (χ4v) is 3.33. The first-order valence-electron chi connectivity index (χ1n) is 6.54. The van der Waals surface area contributed by atoms with Crippen molar-refractivity contribution in [2.24, 2.45) is 5.92 Å². The number of hydrogen-bond acceptors (Lipinski definition) is 2. The molecule has 1 rings (SSSR count). The van der Waals surface area contributed by atoms with Crippen LogP contribution in [-0.2, 0) is 4.79 Å². The zero-order chi connectivity index (χ0) is 14.4. The van der Waals surface area contributed by atoms with Crippen molar-refractivity contribution in [2.45, 2.75) is 39.5 Å². The Kier molecular flexibility index (Phi) is 6.86. The van der Waals surface area contributed by atoms with Crippen LogP contribution in [0.15, 0.2) is 21.1 Å². The number of nitrogen functional groups attached to an aromatic ring is 1. The van der Waals surface area contributed by atoms with Crippen LogP contribution in [0, 0.1) is 5.92 Å². The van der Waals surface area contributed by atoms with E-state index in [0.29, 0.717) is 5.69 Å². The van der Waals surface area contributed by atoms with Gasteiger partial charge in [0.2, 0.25) is 5.91 Å². The van der Waals surface area contributed by atoms with Crippen LogP contribution in [0.4, 0.5) is 11.4 Å². The molecule has 3 N–H and O–H groups in total. The molecule has 5 heteroatoms. The summed E-state index contributed by atoms with van der Waals surface area (Å²) in [4.78, 5) is 12.3. The normalized spacial score (nSPS) is 12.2. The van der Waals surface area contributed by atoms with E-state index in [2.05, 4.69) is 44.1 Å². The summed E-state index contributed by atoms with van der Waals surface area (Å²) in [6.45, 7) is 4.19. The molecule has 1 aromatic carbocycles. The second-order valence-corrected chi connectivity index (χ2v) is 6.30. The summed E-state index contributed by atoms with van der Waals surface area (Å²) in [6, 6.07) is 3.57. The molecule has 0 radical (unpaired) electrons. The number of anilines is 2. The first-order valence-corrected chi connectivity index (χ1v) is 8.13. The number of unbranched alkanes of at least 4 members (excludes halogenated alkanes) is 1. The van der Waals surface area contributed by atoms with E-state index in [4.69, 9.17) is 5.73 Å². The van der Waals surface area contributed by atoms with E-state index in [9.17, 15) is 4.79 Å². The van der Waals surface area contributed by atoms with Crippen LogP contribution < -0.4 is 11.1 Å². The molecule has 1 aromatic rings. The third-order valence-electron chi connectivity index (χ3n) is 3.08. The first-order chi connectivity index (χ1) is 8.99. The minimum atomic E-state index is 0.0660. The number of carbonyl (C=O) groups excluding carboxylic acids is 1. The summed E-state index contributed by atoms with van der Waals surface area (Å²) < 4.78 is 1.58. The SMILES string of the molecule is CCCCC(CC)C(=O)Nc1c(Br)cc(N)cc1Br. The highest BCUT2D eigenvalue weighted by atomic mass is 79.9. The van der Waals surface area contributed by atoms with Gasteiger partial charge in [-0.2, -0.15) is 0 Å². The number of carbonyl (C=O) groups is 1. The monoisotopic (exact) mass is 390 g/mol. The Hall–Kier alpha value is -0.550. The van der Waals surface area contributed by atoms with Crippen LogP contribution in [-0.4, -0.2) is 5.91 Å². The van der Waals surface area contributed by atoms with Gasteiger partial charge in [-0.3, -0.25) is 4.79 Å². The number of hydrogen-bond donors (Lipinski definition) is 2. The molecular formula is C14H20Br2N2O. The third-order valence-corrected chi connectivity index (χ3v) is 4.33. The molecular weight excluding hydrogens is 372 g/mol. The Balaban J connectivity index is 2.81. The number of rotatable bonds is 6. The van der Waals surface area contributed by atoms with E-state index < -0.39 is 0 Å². The molecule has 1 amide bonds. The van der Waals surface area contributed by atoms with Crippen LogP contribution in [0.2, 0.25) is 0 Å². The molecule has 0 aliphatic carbocycles. The molecule has 0 bridgehead atoms. The van der Waals surface area contributed by atoms with Gasteiger partial charge in [-0.15, -0.1) is 0 Å². The third kappa shape index (κ3) is 4.80. The fourth-order valence-electron chi connectivity index (χ4n) is 1.91. The lowest BCUT2D eigenvalue weighted by atomic mass is 9.98. The number of nitrogens with two attached hydrogens (primary N) is 1. The van der Waals surface area contributed by atoms with Gasteiger partial charge in [0.25, 0.3) is 0 Å². The highest BCUT2D eigenvalue weighted by molar-refractivity contribution is 9.11. The van der Waals surface area contributed by atoms with Gasteiger partial charge >= 0.3 is 0 Å². The smallest absolute Gasteiger partial charge is 0.227 e. The minimum Gasteiger partial charge on any atom is -0.399 e. The molecule has 3 nitrogen and oxygen atoms in total. The summed E-state index contributed by atoms with van der Waals surface area (Å²) in [5, 5.41) is 2.98. The highest BCUT2D eigenvalue weighted by Crippen LogP contribution is 2.34. The van der Waals surface area contributed by atoms with Crippen molar-refractivity contribution in [1.29, 1.82) is 0 Å². The van der Waals surface area contributed by atoms with Crippen molar-refractivity contribution < 1.29 is 4.79 Å². The van der Waals surface area contributed by atoms with Crippen LogP contribution in [0.3, 0.4) is 0 Å². The highest BCUT2D eigenvalue weighted by Gasteiger charge is 2.18. The number of amides is 1. The van der Waals surface area contributed by atoms with Gasteiger partial charge in [0.05, 0.1) is 5.69 Å². The molecule has 0 saturated heterocycles. The zero-order valence-corrected chi connectivity index (χ0v) is 14.5. The van der Waals surface area contributed by atoms with E-state index in [1.165, 1.54) is 0 Å². The molecule has 0 saturated carbocycles. The molecule has 0 aromatic heterocycles. The molecule has 0 spiro atoms. The topological polar surface area (TPSA) is 55.1 Å². The molecule has 0 aliphatic heterocycles. The standard InChI is InChI=1S/C14H20Br2N2O/c1-3-5-6-9(4-2)14(19)18-13-11(15)7-10(17)8-12(13)16/h7-9H,3-6,17H2,1-2H3,(H,18,19). The maximum atomic E-state index is 12.3. The van der Waals surface area contributed by atoms with E-state index in [1.807, 2.05) is 6.92 Å². The van der Waals surface area contributed by atoms with Crippen molar-refractivity contribution in [3.05, 3.63) is 21.1 Å². The average Bonchev–Trinajstić information content (AvgIpc) is 2.34. The first kappa shape index (κ1) is 16.5.